The van der Waals surface area contributed by atoms with E-state index < -0.39 is 5.97 Å². The topological polar surface area (TPSA) is 82.0 Å². The highest BCUT2D eigenvalue weighted by Gasteiger charge is 2.23. The lowest BCUT2D eigenvalue weighted by atomic mass is 10.2. The van der Waals surface area contributed by atoms with Gasteiger partial charge in [0.1, 0.15) is 0 Å². The van der Waals surface area contributed by atoms with Crippen LogP contribution in [0.2, 0.25) is 0 Å². The molecule has 0 aliphatic carbocycles. The molecule has 3 rings (SSSR count). The fourth-order valence-corrected chi connectivity index (χ4v) is 3.17. The van der Waals surface area contributed by atoms with Crippen LogP contribution in [0.3, 0.4) is 0 Å². The Morgan fingerprint density at radius 1 is 1.19 bits per heavy atom. The predicted octanol–water partition coefficient (Wildman–Crippen LogP) is 3.34. The molecule has 0 radical (unpaired) electrons. The van der Waals surface area contributed by atoms with Gasteiger partial charge in [-0.1, -0.05) is 18.2 Å². The maximum absolute atomic E-state index is 12.1. The Kier molecular flexibility index (Phi) is 5.09. The summed E-state index contributed by atoms with van der Waals surface area (Å²) in [6.07, 6.45) is 1.80. The number of hydrogen-bond acceptors (Lipinski definition) is 5. The molecule has 1 saturated heterocycles. The van der Waals surface area contributed by atoms with E-state index in [0.717, 1.165) is 11.3 Å². The van der Waals surface area contributed by atoms with E-state index in [-0.39, 0.29) is 11.5 Å². The molecule has 0 unspecified atom stereocenters. The lowest BCUT2D eigenvalue weighted by Crippen LogP contribution is -2.19. The third kappa shape index (κ3) is 4.12. The Balaban J connectivity index is 1.79. The summed E-state index contributed by atoms with van der Waals surface area (Å²) in [7, 11) is 3.94. The van der Waals surface area contributed by atoms with Gasteiger partial charge in [0.25, 0.3) is 5.91 Å². The number of amides is 1. The SMILES string of the molecule is CN(C)c1ccc(/C=C2/SC(=Nc3cccc(C(=O)O)c3)NC2=O)cc1. The average molecular weight is 367 g/mol. The minimum absolute atomic E-state index is 0.151. The van der Waals surface area contributed by atoms with Gasteiger partial charge in [-0.15, -0.1) is 0 Å². The largest absolute Gasteiger partial charge is 0.478 e. The van der Waals surface area contributed by atoms with Crippen LogP contribution in [0.5, 0.6) is 0 Å². The Bertz CT molecular complexity index is 918. The standard InChI is InChI=1S/C19H17N3O3S/c1-22(2)15-8-6-12(7-9-15)10-16-17(23)21-19(26-16)20-14-5-3-4-13(11-14)18(24)25/h3-11H,1-2H3,(H,24,25)(H,20,21,23)/b16-10+. The number of amidine groups is 1. The minimum Gasteiger partial charge on any atom is -0.478 e. The Labute approximate surface area is 155 Å². The van der Waals surface area contributed by atoms with Crippen LogP contribution in [0.4, 0.5) is 11.4 Å². The number of aliphatic imine (C=N–C) groups is 1. The zero-order chi connectivity index (χ0) is 18.7. The molecular weight excluding hydrogens is 350 g/mol. The van der Waals surface area contributed by atoms with Gasteiger partial charge < -0.3 is 15.3 Å². The van der Waals surface area contributed by atoms with Crippen molar-refractivity contribution >= 4 is 46.3 Å². The number of rotatable bonds is 4. The van der Waals surface area contributed by atoms with E-state index in [1.165, 1.54) is 23.9 Å². The van der Waals surface area contributed by atoms with E-state index in [1.54, 1.807) is 18.2 Å². The molecule has 2 aromatic carbocycles. The first-order valence-electron chi connectivity index (χ1n) is 7.83. The molecule has 2 aromatic rings. The smallest absolute Gasteiger partial charge is 0.335 e. The number of anilines is 1. The number of aromatic carboxylic acids is 1. The van der Waals surface area contributed by atoms with E-state index in [4.69, 9.17) is 5.11 Å². The molecule has 0 aromatic heterocycles. The van der Waals surface area contributed by atoms with Crippen molar-refractivity contribution in [1.82, 2.24) is 5.32 Å². The van der Waals surface area contributed by atoms with Crippen molar-refractivity contribution in [3.8, 4) is 0 Å². The molecule has 1 heterocycles. The van der Waals surface area contributed by atoms with Gasteiger partial charge in [-0.25, -0.2) is 9.79 Å². The van der Waals surface area contributed by atoms with Crippen LogP contribution < -0.4 is 10.2 Å². The van der Waals surface area contributed by atoms with Crippen LogP contribution in [0.1, 0.15) is 15.9 Å². The third-order valence-corrected chi connectivity index (χ3v) is 4.59. The zero-order valence-corrected chi connectivity index (χ0v) is 15.1. The molecule has 1 fully saturated rings. The Hall–Kier alpha value is -3.06. The minimum atomic E-state index is -1.02. The summed E-state index contributed by atoms with van der Waals surface area (Å²) in [5, 5.41) is 12.2. The fourth-order valence-electron chi connectivity index (χ4n) is 2.33. The van der Waals surface area contributed by atoms with Crippen molar-refractivity contribution in [2.75, 3.05) is 19.0 Å². The summed E-state index contributed by atoms with van der Waals surface area (Å²) in [5.41, 5.74) is 2.63. The molecule has 0 bridgehead atoms. The van der Waals surface area contributed by atoms with Crippen molar-refractivity contribution in [1.29, 1.82) is 0 Å². The highest BCUT2D eigenvalue weighted by atomic mass is 32.2. The van der Waals surface area contributed by atoms with E-state index in [0.29, 0.717) is 15.8 Å². The van der Waals surface area contributed by atoms with Gasteiger partial charge >= 0.3 is 5.97 Å². The van der Waals surface area contributed by atoms with Gasteiger partial charge in [-0.05, 0) is 53.7 Å². The van der Waals surface area contributed by atoms with Crippen molar-refractivity contribution in [2.24, 2.45) is 4.99 Å². The van der Waals surface area contributed by atoms with Gasteiger partial charge in [0.15, 0.2) is 5.17 Å². The van der Waals surface area contributed by atoms with E-state index >= 15 is 0 Å². The molecular formula is C19H17N3O3S. The maximum Gasteiger partial charge on any atom is 0.335 e. The number of carbonyl (C=O) groups excluding carboxylic acids is 1. The van der Waals surface area contributed by atoms with Crippen molar-refractivity contribution in [3.63, 3.8) is 0 Å². The van der Waals surface area contributed by atoms with E-state index in [9.17, 15) is 9.59 Å². The lowest BCUT2D eigenvalue weighted by Gasteiger charge is -2.11. The van der Waals surface area contributed by atoms with Gasteiger partial charge in [-0.3, -0.25) is 4.79 Å². The summed E-state index contributed by atoms with van der Waals surface area (Å²) in [4.78, 5) is 30.0. The molecule has 1 amide bonds. The molecule has 1 aliphatic heterocycles. The van der Waals surface area contributed by atoms with Crippen LogP contribution in [0, 0.1) is 0 Å². The molecule has 2 N–H and O–H groups in total. The van der Waals surface area contributed by atoms with Crippen LogP contribution in [-0.4, -0.2) is 36.2 Å². The summed E-state index contributed by atoms with van der Waals surface area (Å²) in [5.74, 6) is -1.24. The highest BCUT2D eigenvalue weighted by molar-refractivity contribution is 8.18. The predicted molar refractivity (Wildman–Crippen MR) is 105 cm³/mol. The monoisotopic (exact) mass is 367 g/mol. The second-order valence-electron chi connectivity index (χ2n) is 5.82. The Morgan fingerprint density at radius 2 is 1.92 bits per heavy atom. The zero-order valence-electron chi connectivity index (χ0n) is 14.3. The van der Waals surface area contributed by atoms with Crippen LogP contribution in [0.25, 0.3) is 6.08 Å². The number of thioether (sulfide) groups is 1. The van der Waals surface area contributed by atoms with Gasteiger partial charge in [0, 0.05) is 19.8 Å². The first-order chi connectivity index (χ1) is 12.4. The molecule has 1 aliphatic rings. The van der Waals surface area contributed by atoms with E-state index in [2.05, 4.69) is 10.3 Å². The number of nitrogens with one attached hydrogen (secondary N) is 1. The Morgan fingerprint density at radius 3 is 2.58 bits per heavy atom. The van der Waals surface area contributed by atoms with Crippen LogP contribution in [-0.2, 0) is 4.79 Å². The summed E-state index contributed by atoms with van der Waals surface area (Å²) < 4.78 is 0. The number of carboxylic acids is 1. The number of benzene rings is 2. The normalized spacial score (nSPS) is 16.8. The van der Waals surface area contributed by atoms with Crippen molar-refractivity contribution in [3.05, 3.63) is 64.6 Å². The average Bonchev–Trinajstić information content (AvgIpc) is 2.94. The number of carboxylic acid groups (broad SMARTS) is 1. The van der Waals surface area contributed by atoms with Gasteiger partial charge in [0.05, 0.1) is 16.2 Å². The van der Waals surface area contributed by atoms with Crippen molar-refractivity contribution in [2.45, 2.75) is 0 Å². The molecule has 6 nitrogen and oxygen atoms in total. The summed E-state index contributed by atoms with van der Waals surface area (Å²) >= 11 is 1.23. The number of carbonyl (C=O) groups is 2. The quantitative estimate of drug-likeness (QED) is 0.810. The van der Waals surface area contributed by atoms with Crippen LogP contribution in [0.15, 0.2) is 58.4 Å². The van der Waals surface area contributed by atoms with Crippen molar-refractivity contribution < 1.29 is 14.7 Å². The van der Waals surface area contributed by atoms with Gasteiger partial charge in [-0.2, -0.15) is 0 Å². The number of nitrogens with zero attached hydrogens (tertiary/aromatic N) is 2. The first kappa shape index (κ1) is 17.8. The molecule has 0 spiro atoms. The first-order valence-corrected chi connectivity index (χ1v) is 8.64. The molecule has 0 saturated carbocycles. The lowest BCUT2D eigenvalue weighted by molar-refractivity contribution is -0.115. The maximum atomic E-state index is 12.1. The summed E-state index contributed by atoms with van der Waals surface area (Å²) in [6.45, 7) is 0. The third-order valence-electron chi connectivity index (χ3n) is 3.68. The van der Waals surface area contributed by atoms with Gasteiger partial charge in [0.2, 0.25) is 0 Å². The molecule has 132 valence electrons. The highest BCUT2D eigenvalue weighted by Crippen LogP contribution is 2.28. The second-order valence-corrected chi connectivity index (χ2v) is 6.85. The van der Waals surface area contributed by atoms with Crippen LogP contribution >= 0.6 is 11.8 Å². The second kappa shape index (κ2) is 7.45. The number of hydrogen-bond donors (Lipinski definition) is 2. The molecule has 26 heavy (non-hydrogen) atoms. The summed E-state index contributed by atoms with van der Waals surface area (Å²) in [6, 6.07) is 14.1. The van der Waals surface area contributed by atoms with E-state index in [1.807, 2.05) is 43.3 Å². The molecule has 0 atom stereocenters. The molecule has 7 heteroatoms. The fraction of sp³-hybridized carbons (Fsp3) is 0.105.